The maximum atomic E-state index is 10.5. The van der Waals surface area contributed by atoms with Crippen LogP contribution in [0.15, 0.2) is 29.8 Å². The van der Waals surface area contributed by atoms with Crippen molar-refractivity contribution in [3.63, 3.8) is 0 Å². The molecule has 0 saturated heterocycles. The highest BCUT2D eigenvalue weighted by molar-refractivity contribution is 14.1. The Morgan fingerprint density at radius 3 is 2.77 bits per heavy atom. The predicted octanol–water partition coefficient (Wildman–Crippen LogP) is 2.78. The summed E-state index contributed by atoms with van der Waals surface area (Å²) in [6.07, 6.45) is 1.66. The van der Waals surface area contributed by atoms with Crippen molar-refractivity contribution in [1.82, 2.24) is 0 Å². The molecular weight excluding hydrogens is 279 g/mol. The van der Waals surface area contributed by atoms with Crippen molar-refractivity contribution in [2.45, 2.75) is 6.92 Å². The molecule has 0 amide bonds. The summed E-state index contributed by atoms with van der Waals surface area (Å²) in [6.45, 7) is 1.59. The topological polar surface area (TPSA) is 37.3 Å². The zero-order valence-electron chi connectivity index (χ0n) is 7.12. The second kappa shape index (κ2) is 4.41. The molecule has 1 aromatic rings. The standard InChI is InChI=1S/C10H9IO2/c1-7(10(12)13)5-8-3-2-4-9(11)6-8/h2-6H,1H3,(H,12,13). The van der Waals surface area contributed by atoms with Crippen molar-refractivity contribution in [3.05, 3.63) is 39.0 Å². The van der Waals surface area contributed by atoms with E-state index in [1.54, 1.807) is 13.0 Å². The summed E-state index contributed by atoms with van der Waals surface area (Å²) in [4.78, 5) is 10.5. The average Bonchev–Trinajstić information content (AvgIpc) is 2.04. The Bertz CT molecular complexity index is 356. The molecule has 1 N–H and O–H groups in total. The van der Waals surface area contributed by atoms with Crippen LogP contribution in [0, 0.1) is 3.57 Å². The van der Waals surface area contributed by atoms with Gasteiger partial charge in [-0.15, -0.1) is 0 Å². The molecule has 0 atom stereocenters. The number of halogens is 1. The average molecular weight is 288 g/mol. The number of hydrogen-bond acceptors (Lipinski definition) is 1. The lowest BCUT2D eigenvalue weighted by molar-refractivity contribution is -0.132. The summed E-state index contributed by atoms with van der Waals surface area (Å²) in [7, 11) is 0. The van der Waals surface area contributed by atoms with Gasteiger partial charge < -0.3 is 5.11 Å². The van der Waals surface area contributed by atoms with Gasteiger partial charge in [0.1, 0.15) is 0 Å². The molecule has 0 saturated carbocycles. The van der Waals surface area contributed by atoms with Gasteiger partial charge in [-0.05, 0) is 53.3 Å². The van der Waals surface area contributed by atoms with E-state index in [0.29, 0.717) is 5.57 Å². The third-order valence-corrected chi connectivity index (χ3v) is 2.24. The largest absolute Gasteiger partial charge is 0.478 e. The molecule has 13 heavy (non-hydrogen) atoms. The smallest absolute Gasteiger partial charge is 0.331 e. The number of carbonyl (C=O) groups is 1. The van der Waals surface area contributed by atoms with Crippen LogP contribution in [-0.2, 0) is 4.79 Å². The lowest BCUT2D eigenvalue weighted by Crippen LogP contribution is -1.95. The highest BCUT2D eigenvalue weighted by Crippen LogP contribution is 2.11. The molecule has 0 heterocycles. The summed E-state index contributed by atoms with van der Waals surface area (Å²) in [5.41, 5.74) is 1.27. The molecule has 0 aliphatic carbocycles. The molecule has 68 valence electrons. The van der Waals surface area contributed by atoms with Crippen molar-refractivity contribution in [2.24, 2.45) is 0 Å². The Hall–Kier alpha value is -0.840. The third kappa shape index (κ3) is 3.18. The van der Waals surface area contributed by atoms with Crippen LogP contribution in [0.2, 0.25) is 0 Å². The van der Waals surface area contributed by atoms with E-state index >= 15 is 0 Å². The van der Waals surface area contributed by atoms with E-state index < -0.39 is 5.97 Å². The summed E-state index contributed by atoms with van der Waals surface area (Å²) in [6, 6.07) is 7.69. The van der Waals surface area contributed by atoms with E-state index in [2.05, 4.69) is 22.6 Å². The van der Waals surface area contributed by atoms with E-state index in [-0.39, 0.29) is 0 Å². The molecule has 0 aliphatic rings. The minimum Gasteiger partial charge on any atom is -0.478 e. The molecule has 0 radical (unpaired) electrons. The van der Waals surface area contributed by atoms with Crippen LogP contribution in [-0.4, -0.2) is 11.1 Å². The third-order valence-electron chi connectivity index (χ3n) is 1.57. The SMILES string of the molecule is CC(=Cc1cccc(I)c1)C(=O)O. The van der Waals surface area contributed by atoms with Gasteiger partial charge in [-0.3, -0.25) is 0 Å². The molecule has 2 nitrogen and oxygen atoms in total. The van der Waals surface area contributed by atoms with Crippen molar-refractivity contribution >= 4 is 34.6 Å². The van der Waals surface area contributed by atoms with Gasteiger partial charge in [0.05, 0.1) is 0 Å². The first kappa shape index (κ1) is 10.2. The van der Waals surface area contributed by atoms with Crippen LogP contribution in [0.3, 0.4) is 0 Å². The first-order valence-corrected chi connectivity index (χ1v) is 4.84. The van der Waals surface area contributed by atoms with Gasteiger partial charge in [0.15, 0.2) is 0 Å². The lowest BCUT2D eigenvalue weighted by Gasteiger charge is -1.96. The fourth-order valence-electron chi connectivity index (χ4n) is 0.908. The first-order chi connectivity index (χ1) is 6.09. The highest BCUT2D eigenvalue weighted by Gasteiger charge is 1.99. The van der Waals surface area contributed by atoms with Crippen LogP contribution in [0.5, 0.6) is 0 Å². The Labute approximate surface area is 90.4 Å². The first-order valence-electron chi connectivity index (χ1n) is 3.77. The predicted molar refractivity (Wildman–Crippen MR) is 60.4 cm³/mol. The second-order valence-electron chi connectivity index (χ2n) is 2.69. The minimum atomic E-state index is -0.876. The van der Waals surface area contributed by atoms with Crippen molar-refractivity contribution < 1.29 is 9.90 Å². The number of benzene rings is 1. The normalized spacial score (nSPS) is 11.4. The lowest BCUT2D eigenvalue weighted by atomic mass is 10.1. The van der Waals surface area contributed by atoms with E-state index in [1.807, 2.05) is 24.3 Å². The molecule has 1 rings (SSSR count). The second-order valence-corrected chi connectivity index (χ2v) is 3.93. The number of rotatable bonds is 2. The molecule has 0 aliphatic heterocycles. The Morgan fingerprint density at radius 2 is 2.23 bits per heavy atom. The van der Waals surface area contributed by atoms with Gasteiger partial charge in [0.2, 0.25) is 0 Å². The monoisotopic (exact) mass is 288 g/mol. The van der Waals surface area contributed by atoms with Gasteiger partial charge in [0.25, 0.3) is 0 Å². The fourth-order valence-corrected chi connectivity index (χ4v) is 1.48. The molecule has 0 bridgehead atoms. The van der Waals surface area contributed by atoms with Crippen LogP contribution in [0.1, 0.15) is 12.5 Å². The molecular formula is C10H9IO2. The summed E-state index contributed by atoms with van der Waals surface area (Å²) < 4.78 is 1.10. The van der Waals surface area contributed by atoms with Crippen LogP contribution >= 0.6 is 22.6 Å². The molecule has 0 aromatic heterocycles. The van der Waals surface area contributed by atoms with Gasteiger partial charge in [-0.25, -0.2) is 4.79 Å². The zero-order chi connectivity index (χ0) is 9.84. The van der Waals surface area contributed by atoms with Crippen LogP contribution < -0.4 is 0 Å². The van der Waals surface area contributed by atoms with E-state index in [9.17, 15) is 4.79 Å². The quantitative estimate of drug-likeness (QED) is 0.671. The number of carboxylic acid groups (broad SMARTS) is 1. The maximum absolute atomic E-state index is 10.5. The van der Waals surface area contributed by atoms with Gasteiger partial charge >= 0.3 is 5.97 Å². The highest BCUT2D eigenvalue weighted by atomic mass is 127. The van der Waals surface area contributed by atoms with Gasteiger partial charge in [0, 0.05) is 9.14 Å². The van der Waals surface area contributed by atoms with Crippen molar-refractivity contribution in [1.29, 1.82) is 0 Å². The van der Waals surface area contributed by atoms with Crippen LogP contribution in [0.25, 0.3) is 6.08 Å². The van der Waals surface area contributed by atoms with Gasteiger partial charge in [-0.1, -0.05) is 12.1 Å². The van der Waals surface area contributed by atoms with E-state index in [0.717, 1.165) is 9.13 Å². The van der Waals surface area contributed by atoms with Crippen molar-refractivity contribution in [2.75, 3.05) is 0 Å². The van der Waals surface area contributed by atoms with E-state index in [4.69, 9.17) is 5.11 Å². The summed E-state index contributed by atoms with van der Waals surface area (Å²) in [5, 5.41) is 8.64. The number of aliphatic carboxylic acids is 1. The number of carboxylic acids is 1. The fraction of sp³-hybridized carbons (Fsp3) is 0.100. The maximum Gasteiger partial charge on any atom is 0.331 e. The zero-order valence-corrected chi connectivity index (χ0v) is 9.28. The molecule has 3 heteroatoms. The minimum absolute atomic E-state index is 0.349. The van der Waals surface area contributed by atoms with Crippen LogP contribution in [0.4, 0.5) is 0 Å². The molecule has 1 aromatic carbocycles. The molecule has 0 spiro atoms. The Kier molecular flexibility index (Phi) is 3.48. The number of hydrogen-bond donors (Lipinski definition) is 1. The molecule has 0 fully saturated rings. The Morgan fingerprint density at radius 1 is 1.54 bits per heavy atom. The van der Waals surface area contributed by atoms with Gasteiger partial charge in [-0.2, -0.15) is 0 Å². The Balaban J connectivity index is 2.97. The summed E-state index contributed by atoms with van der Waals surface area (Å²) in [5.74, 6) is -0.876. The van der Waals surface area contributed by atoms with Crippen molar-refractivity contribution in [3.8, 4) is 0 Å². The van der Waals surface area contributed by atoms with E-state index in [1.165, 1.54) is 0 Å². The summed E-state index contributed by atoms with van der Waals surface area (Å²) >= 11 is 2.19. The molecule has 0 unspecified atom stereocenters.